The average molecular weight is 334 g/mol. The molecule has 0 radical (unpaired) electrons. The molecule has 0 heterocycles. The Labute approximate surface area is 131 Å². The van der Waals surface area contributed by atoms with E-state index in [1.54, 1.807) is 20.8 Å². The molecule has 122 valence electrons. The van der Waals surface area contributed by atoms with E-state index in [1.165, 1.54) is 6.07 Å². The van der Waals surface area contributed by atoms with Crippen LogP contribution in [0.4, 0.5) is 23.7 Å². The minimum atomic E-state index is -4.52. The Morgan fingerprint density at radius 3 is 2.36 bits per heavy atom. The van der Waals surface area contributed by atoms with E-state index in [0.717, 1.165) is 12.1 Å². The van der Waals surface area contributed by atoms with Gasteiger partial charge in [0.1, 0.15) is 5.60 Å². The van der Waals surface area contributed by atoms with Gasteiger partial charge in [-0.1, -0.05) is 18.3 Å². The van der Waals surface area contributed by atoms with Crippen LogP contribution in [0, 0.1) is 0 Å². The minimum Gasteiger partial charge on any atom is -0.444 e. The maximum atomic E-state index is 12.8. The smallest absolute Gasteiger partial charge is 0.416 e. The number of thiocarbonyl (C=S) groups is 1. The van der Waals surface area contributed by atoms with Gasteiger partial charge in [-0.15, -0.1) is 0 Å². The highest BCUT2D eigenvalue weighted by Crippen LogP contribution is 2.32. The number of amides is 1. The topological polar surface area (TPSA) is 64.3 Å². The Morgan fingerprint density at radius 2 is 1.91 bits per heavy atom. The summed E-state index contributed by atoms with van der Waals surface area (Å²) in [7, 11) is 0. The van der Waals surface area contributed by atoms with Gasteiger partial charge in [0.15, 0.2) is 0 Å². The van der Waals surface area contributed by atoms with Crippen LogP contribution in [0.15, 0.2) is 18.2 Å². The normalized spacial score (nSPS) is 11.9. The number of carbonyl (C=O) groups is 1. The summed E-state index contributed by atoms with van der Waals surface area (Å²) < 4.78 is 43.4. The fourth-order valence-corrected chi connectivity index (χ4v) is 1.78. The summed E-state index contributed by atoms with van der Waals surface area (Å²) >= 11 is 4.76. The molecule has 22 heavy (non-hydrogen) atoms. The number of halogens is 3. The van der Waals surface area contributed by atoms with Gasteiger partial charge < -0.3 is 10.5 Å². The number of alkyl halides is 3. The first-order valence-electron chi connectivity index (χ1n) is 6.37. The van der Waals surface area contributed by atoms with Crippen LogP contribution in [0.5, 0.6) is 0 Å². The number of nitrogens with one attached hydrogen (secondary N) is 1. The van der Waals surface area contributed by atoms with Crippen LogP contribution in [-0.4, -0.2) is 16.7 Å². The highest BCUT2D eigenvalue weighted by atomic mass is 32.1. The number of hydrogen-bond acceptors (Lipinski definition) is 3. The van der Waals surface area contributed by atoms with Crippen LogP contribution >= 0.6 is 12.2 Å². The van der Waals surface area contributed by atoms with Crippen LogP contribution in [-0.2, 0) is 17.3 Å². The average Bonchev–Trinajstić information content (AvgIpc) is 2.26. The second-order valence-electron chi connectivity index (χ2n) is 5.64. The SMILES string of the molecule is CC(C)(C)OC(=O)Nc1cc(C(F)(F)F)ccc1CC(N)=S. The zero-order valence-corrected chi connectivity index (χ0v) is 13.2. The Kier molecular flexibility index (Phi) is 5.39. The molecule has 3 N–H and O–H groups in total. The van der Waals surface area contributed by atoms with Crippen molar-refractivity contribution in [1.29, 1.82) is 0 Å². The Morgan fingerprint density at radius 1 is 1.32 bits per heavy atom. The van der Waals surface area contributed by atoms with Gasteiger partial charge >= 0.3 is 12.3 Å². The molecule has 8 heteroatoms. The van der Waals surface area contributed by atoms with Crippen molar-refractivity contribution in [2.24, 2.45) is 5.73 Å². The van der Waals surface area contributed by atoms with E-state index in [0.29, 0.717) is 5.56 Å². The van der Waals surface area contributed by atoms with Gasteiger partial charge in [-0.2, -0.15) is 13.2 Å². The maximum absolute atomic E-state index is 12.8. The first-order valence-corrected chi connectivity index (χ1v) is 6.78. The van der Waals surface area contributed by atoms with Gasteiger partial charge in [0, 0.05) is 12.1 Å². The molecule has 0 atom stereocenters. The number of hydrogen-bond donors (Lipinski definition) is 2. The molecule has 1 amide bonds. The van der Waals surface area contributed by atoms with Crippen molar-refractivity contribution >= 4 is 29.0 Å². The van der Waals surface area contributed by atoms with Crippen molar-refractivity contribution in [3.8, 4) is 0 Å². The van der Waals surface area contributed by atoms with Crippen LogP contribution in [0.3, 0.4) is 0 Å². The van der Waals surface area contributed by atoms with Crippen molar-refractivity contribution in [1.82, 2.24) is 0 Å². The fourth-order valence-electron chi connectivity index (χ4n) is 1.62. The first kappa shape index (κ1) is 18.2. The standard InChI is InChI=1S/C14H17F3N2O2S/c1-13(2,3)21-12(20)19-10-7-9(14(15,16)17)5-4-8(10)6-11(18)22/h4-5,7H,6H2,1-3H3,(H2,18,22)(H,19,20). The zero-order valence-electron chi connectivity index (χ0n) is 12.4. The molecular formula is C14H17F3N2O2S. The summed E-state index contributed by atoms with van der Waals surface area (Å²) in [5, 5.41) is 2.31. The first-order chi connectivity index (χ1) is 9.88. The second kappa shape index (κ2) is 6.51. The molecule has 0 unspecified atom stereocenters. The lowest BCUT2D eigenvalue weighted by Crippen LogP contribution is -2.28. The van der Waals surface area contributed by atoms with Crippen molar-refractivity contribution in [3.63, 3.8) is 0 Å². The molecule has 0 saturated heterocycles. The molecule has 4 nitrogen and oxygen atoms in total. The van der Waals surface area contributed by atoms with Gasteiger partial charge in [-0.25, -0.2) is 4.79 Å². The highest BCUT2D eigenvalue weighted by Gasteiger charge is 2.31. The summed E-state index contributed by atoms with van der Waals surface area (Å²) in [5.41, 5.74) is 4.11. The Bertz CT molecular complexity index is 580. The molecule has 1 rings (SSSR count). The summed E-state index contributed by atoms with van der Waals surface area (Å²) in [6.07, 6.45) is -5.30. The van der Waals surface area contributed by atoms with E-state index in [-0.39, 0.29) is 17.1 Å². The van der Waals surface area contributed by atoms with Crippen LogP contribution < -0.4 is 11.1 Å². The second-order valence-corrected chi connectivity index (χ2v) is 6.16. The number of carbonyl (C=O) groups excluding carboxylic acids is 1. The Hall–Kier alpha value is -1.83. The summed E-state index contributed by atoms with van der Waals surface area (Å²) in [5.74, 6) is 0. The van der Waals surface area contributed by atoms with E-state index in [9.17, 15) is 18.0 Å². The molecule has 0 spiro atoms. The summed E-state index contributed by atoms with van der Waals surface area (Å²) in [4.78, 5) is 11.9. The molecule has 0 saturated carbocycles. The van der Waals surface area contributed by atoms with Crippen molar-refractivity contribution in [2.45, 2.75) is 39.0 Å². The van der Waals surface area contributed by atoms with Crippen molar-refractivity contribution in [2.75, 3.05) is 5.32 Å². The number of rotatable bonds is 3. The van der Waals surface area contributed by atoms with E-state index in [1.807, 2.05) is 0 Å². The molecule has 0 aliphatic heterocycles. The van der Waals surface area contributed by atoms with Crippen LogP contribution in [0.2, 0.25) is 0 Å². The van der Waals surface area contributed by atoms with E-state index < -0.39 is 23.4 Å². The molecule has 1 aromatic carbocycles. The maximum Gasteiger partial charge on any atom is 0.416 e. The quantitative estimate of drug-likeness (QED) is 0.824. The molecule has 0 bridgehead atoms. The number of nitrogens with two attached hydrogens (primary N) is 1. The van der Waals surface area contributed by atoms with E-state index >= 15 is 0 Å². The minimum absolute atomic E-state index is 0.0307. The summed E-state index contributed by atoms with van der Waals surface area (Å²) in [6, 6.07) is 2.97. The van der Waals surface area contributed by atoms with Crippen LogP contribution in [0.25, 0.3) is 0 Å². The third-order valence-corrected chi connectivity index (χ3v) is 2.58. The van der Waals surface area contributed by atoms with Gasteiger partial charge in [-0.05, 0) is 38.5 Å². The van der Waals surface area contributed by atoms with E-state index in [4.69, 9.17) is 22.7 Å². The van der Waals surface area contributed by atoms with Crippen molar-refractivity contribution < 1.29 is 22.7 Å². The molecule has 0 fully saturated rings. The number of anilines is 1. The Balaban J connectivity index is 3.11. The highest BCUT2D eigenvalue weighted by molar-refractivity contribution is 7.80. The molecule has 0 aliphatic carbocycles. The van der Waals surface area contributed by atoms with Crippen molar-refractivity contribution in [3.05, 3.63) is 29.3 Å². The largest absolute Gasteiger partial charge is 0.444 e. The number of ether oxygens (including phenoxy) is 1. The summed E-state index contributed by atoms with van der Waals surface area (Å²) in [6.45, 7) is 4.94. The van der Waals surface area contributed by atoms with Gasteiger partial charge in [0.2, 0.25) is 0 Å². The fraction of sp³-hybridized carbons (Fsp3) is 0.429. The van der Waals surface area contributed by atoms with Gasteiger partial charge in [-0.3, -0.25) is 5.32 Å². The zero-order chi connectivity index (χ0) is 17.1. The molecular weight excluding hydrogens is 317 g/mol. The van der Waals surface area contributed by atoms with Gasteiger partial charge in [0.05, 0.1) is 10.6 Å². The van der Waals surface area contributed by atoms with Crippen LogP contribution in [0.1, 0.15) is 31.9 Å². The molecule has 0 aromatic heterocycles. The number of benzene rings is 1. The molecule has 1 aromatic rings. The monoisotopic (exact) mass is 334 g/mol. The lowest BCUT2D eigenvalue weighted by molar-refractivity contribution is -0.137. The predicted molar refractivity (Wildman–Crippen MR) is 81.8 cm³/mol. The van der Waals surface area contributed by atoms with E-state index in [2.05, 4.69) is 5.32 Å². The van der Waals surface area contributed by atoms with Gasteiger partial charge in [0.25, 0.3) is 0 Å². The third kappa shape index (κ3) is 5.88. The predicted octanol–water partition coefficient (Wildman–Crippen LogP) is 3.88. The lowest BCUT2D eigenvalue weighted by atomic mass is 10.1. The molecule has 0 aliphatic rings. The third-order valence-electron chi connectivity index (χ3n) is 2.44. The lowest BCUT2D eigenvalue weighted by Gasteiger charge is -2.21.